The molecule has 0 aliphatic heterocycles. The first kappa shape index (κ1) is 14.3. The van der Waals surface area contributed by atoms with Crippen molar-refractivity contribution in [2.45, 2.75) is 13.8 Å². The van der Waals surface area contributed by atoms with Crippen LogP contribution < -0.4 is 5.73 Å². The van der Waals surface area contributed by atoms with E-state index in [1.165, 1.54) is 0 Å². The molecule has 0 aromatic heterocycles. The number of nitrogens with zero attached hydrogens (tertiary/aromatic N) is 2. The van der Waals surface area contributed by atoms with E-state index in [1.54, 1.807) is 30.0 Å². The summed E-state index contributed by atoms with van der Waals surface area (Å²) < 4.78 is 0. The number of rotatable bonds is 4. The van der Waals surface area contributed by atoms with Crippen molar-refractivity contribution in [1.29, 1.82) is 5.26 Å². The van der Waals surface area contributed by atoms with Crippen LogP contribution in [0.1, 0.15) is 24.2 Å². The maximum absolute atomic E-state index is 12.3. The average Bonchev–Trinajstić information content (AvgIpc) is 2.38. The van der Waals surface area contributed by atoms with Crippen LogP contribution in [0.3, 0.4) is 0 Å². The number of hydrogen-bond donors (Lipinski definition) is 1. The third-order valence-electron chi connectivity index (χ3n) is 2.67. The van der Waals surface area contributed by atoms with Crippen LogP contribution in [0.5, 0.6) is 0 Å². The maximum Gasteiger partial charge on any atom is 0.256 e. The average molecular weight is 266 g/mol. The topological polar surface area (TPSA) is 70.1 Å². The van der Waals surface area contributed by atoms with E-state index in [4.69, 9.17) is 22.6 Å². The van der Waals surface area contributed by atoms with E-state index in [0.717, 1.165) is 0 Å². The Morgan fingerprint density at radius 2 is 2.28 bits per heavy atom. The summed E-state index contributed by atoms with van der Waals surface area (Å²) in [7, 11) is 0. The Labute approximate surface area is 112 Å². The molecule has 0 bridgehead atoms. The van der Waals surface area contributed by atoms with Crippen LogP contribution in [0.15, 0.2) is 18.2 Å². The lowest BCUT2D eigenvalue weighted by molar-refractivity contribution is 0.0754. The fraction of sp³-hybridized carbons (Fsp3) is 0.385. The first-order valence-electron chi connectivity index (χ1n) is 5.74. The van der Waals surface area contributed by atoms with Crippen molar-refractivity contribution in [1.82, 2.24) is 4.90 Å². The summed E-state index contributed by atoms with van der Waals surface area (Å²) in [6.07, 6.45) is 0. The van der Waals surface area contributed by atoms with Crippen molar-refractivity contribution in [3.05, 3.63) is 28.8 Å². The summed E-state index contributed by atoms with van der Waals surface area (Å²) in [6.45, 7) is 4.55. The summed E-state index contributed by atoms with van der Waals surface area (Å²) in [5, 5.41) is 9.16. The van der Waals surface area contributed by atoms with Crippen molar-refractivity contribution < 1.29 is 4.79 Å². The van der Waals surface area contributed by atoms with E-state index >= 15 is 0 Å². The number of anilines is 1. The quantitative estimate of drug-likeness (QED) is 0.851. The number of para-hydroxylation sites is 1. The Balaban J connectivity index is 2.97. The minimum absolute atomic E-state index is 0.195. The highest BCUT2D eigenvalue weighted by Gasteiger charge is 2.19. The molecule has 4 nitrogen and oxygen atoms in total. The van der Waals surface area contributed by atoms with Gasteiger partial charge in [0.05, 0.1) is 28.3 Å². The highest BCUT2D eigenvalue weighted by molar-refractivity contribution is 6.33. The molecule has 0 saturated carbocycles. The van der Waals surface area contributed by atoms with E-state index in [2.05, 4.69) is 6.07 Å². The normalized spacial score (nSPS) is 11.7. The number of carbonyl (C=O) groups excluding carboxylic acids is 1. The second-order valence-corrected chi connectivity index (χ2v) is 4.48. The zero-order chi connectivity index (χ0) is 13.7. The molecule has 1 aromatic rings. The highest BCUT2D eigenvalue weighted by Crippen LogP contribution is 2.23. The molecule has 1 rings (SSSR count). The van der Waals surface area contributed by atoms with E-state index in [9.17, 15) is 4.79 Å². The molecule has 1 atom stereocenters. The minimum Gasteiger partial charge on any atom is -0.397 e. The molecule has 0 saturated heterocycles. The van der Waals surface area contributed by atoms with Crippen molar-refractivity contribution >= 4 is 23.2 Å². The fourth-order valence-electron chi connectivity index (χ4n) is 1.62. The molecule has 1 amide bonds. The van der Waals surface area contributed by atoms with Gasteiger partial charge < -0.3 is 10.6 Å². The Bertz CT molecular complexity index is 482. The third kappa shape index (κ3) is 3.14. The number of nitriles is 1. The molecule has 1 unspecified atom stereocenters. The number of nitrogens with two attached hydrogens (primary N) is 1. The van der Waals surface area contributed by atoms with Gasteiger partial charge in [0, 0.05) is 13.1 Å². The van der Waals surface area contributed by atoms with Gasteiger partial charge in [-0.25, -0.2) is 0 Å². The van der Waals surface area contributed by atoms with Gasteiger partial charge in [-0.2, -0.15) is 5.26 Å². The van der Waals surface area contributed by atoms with Gasteiger partial charge in [0.25, 0.3) is 5.91 Å². The molecule has 0 spiro atoms. The lowest BCUT2D eigenvalue weighted by Gasteiger charge is -2.22. The van der Waals surface area contributed by atoms with Crippen molar-refractivity contribution in [2.75, 3.05) is 18.8 Å². The van der Waals surface area contributed by atoms with E-state index in [1.807, 2.05) is 6.92 Å². The molecule has 2 N–H and O–H groups in total. The van der Waals surface area contributed by atoms with Crippen molar-refractivity contribution in [3.8, 4) is 6.07 Å². The van der Waals surface area contributed by atoms with Crippen LogP contribution in [0.25, 0.3) is 0 Å². The van der Waals surface area contributed by atoms with Crippen LogP contribution in [0, 0.1) is 17.2 Å². The van der Waals surface area contributed by atoms with Gasteiger partial charge in [-0.05, 0) is 26.0 Å². The summed E-state index contributed by atoms with van der Waals surface area (Å²) in [6, 6.07) is 7.08. The predicted molar refractivity (Wildman–Crippen MR) is 72.2 cm³/mol. The molecule has 18 heavy (non-hydrogen) atoms. The fourth-order valence-corrected chi connectivity index (χ4v) is 1.80. The van der Waals surface area contributed by atoms with E-state index in [-0.39, 0.29) is 17.5 Å². The SMILES string of the molecule is CCN(CC(C)C#N)C(=O)c1cccc(Cl)c1N. The van der Waals surface area contributed by atoms with E-state index < -0.39 is 0 Å². The number of nitrogen functional groups attached to an aromatic ring is 1. The third-order valence-corrected chi connectivity index (χ3v) is 3.00. The standard InChI is InChI=1S/C13H16ClN3O/c1-3-17(8-9(2)7-15)13(18)10-5-4-6-11(14)12(10)16/h4-6,9H,3,8,16H2,1-2H3. The zero-order valence-corrected chi connectivity index (χ0v) is 11.2. The second kappa shape index (κ2) is 6.27. The van der Waals surface area contributed by atoms with Gasteiger partial charge in [0.1, 0.15) is 0 Å². The lowest BCUT2D eigenvalue weighted by atomic mass is 10.1. The Morgan fingerprint density at radius 3 is 2.83 bits per heavy atom. The number of amides is 1. The summed E-state index contributed by atoms with van der Waals surface area (Å²) in [5.74, 6) is -0.408. The van der Waals surface area contributed by atoms with Gasteiger partial charge in [-0.3, -0.25) is 4.79 Å². The molecule has 0 fully saturated rings. The number of halogens is 1. The van der Waals surface area contributed by atoms with Gasteiger partial charge >= 0.3 is 0 Å². The van der Waals surface area contributed by atoms with Gasteiger partial charge in [0.15, 0.2) is 0 Å². The zero-order valence-electron chi connectivity index (χ0n) is 10.5. The number of benzene rings is 1. The molecule has 0 heterocycles. The van der Waals surface area contributed by atoms with E-state index in [0.29, 0.717) is 23.7 Å². The molecular weight excluding hydrogens is 250 g/mol. The molecule has 1 aromatic carbocycles. The molecule has 0 aliphatic carbocycles. The Kier molecular flexibility index (Phi) is 4.99. The van der Waals surface area contributed by atoms with Gasteiger partial charge in [-0.15, -0.1) is 0 Å². The van der Waals surface area contributed by atoms with Crippen LogP contribution in [0.2, 0.25) is 5.02 Å². The predicted octanol–water partition coefficient (Wildman–Crippen LogP) is 2.54. The van der Waals surface area contributed by atoms with Crippen molar-refractivity contribution in [2.24, 2.45) is 5.92 Å². The number of hydrogen-bond acceptors (Lipinski definition) is 3. The molecule has 0 aliphatic rings. The minimum atomic E-state index is -0.214. The maximum atomic E-state index is 12.3. The van der Waals surface area contributed by atoms with Crippen LogP contribution in [0.4, 0.5) is 5.69 Å². The van der Waals surface area contributed by atoms with Gasteiger partial charge in [0.2, 0.25) is 0 Å². The molecular formula is C13H16ClN3O. The smallest absolute Gasteiger partial charge is 0.256 e. The first-order chi connectivity index (χ1) is 8.51. The summed E-state index contributed by atoms with van der Waals surface area (Å²) in [5.41, 5.74) is 6.46. The lowest BCUT2D eigenvalue weighted by Crippen LogP contribution is -2.34. The van der Waals surface area contributed by atoms with Gasteiger partial charge in [-0.1, -0.05) is 17.7 Å². The largest absolute Gasteiger partial charge is 0.397 e. The van der Waals surface area contributed by atoms with Crippen molar-refractivity contribution in [3.63, 3.8) is 0 Å². The highest BCUT2D eigenvalue weighted by atomic mass is 35.5. The number of carbonyl (C=O) groups is 1. The second-order valence-electron chi connectivity index (χ2n) is 4.08. The van der Waals surface area contributed by atoms with Crippen LogP contribution in [-0.4, -0.2) is 23.9 Å². The molecule has 0 radical (unpaired) electrons. The summed E-state index contributed by atoms with van der Waals surface area (Å²) in [4.78, 5) is 13.9. The van der Waals surface area contributed by atoms with Crippen LogP contribution >= 0.6 is 11.6 Å². The monoisotopic (exact) mass is 265 g/mol. The molecule has 96 valence electrons. The Morgan fingerprint density at radius 1 is 1.61 bits per heavy atom. The Hall–Kier alpha value is -1.73. The van der Waals surface area contributed by atoms with Crippen LogP contribution in [-0.2, 0) is 0 Å². The summed E-state index contributed by atoms with van der Waals surface area (Å²) >= 11 is 5.89. The first-order valence-corrected chi connectivity index (χ1v) is 6.11. The molecule has 5 heteroatoms.